The number of amides is 1. The lowest BCUT2D eigenvalue weighted by atomic mass is 9.93. The van der Waals surface area contributed by atoms with Crippen LogP contribution in [0.15, 0.2) is 36.5 Å². The first kappa shape index (κ1) is 15.2. The topological polar surface area (TPSA) is 77.0 Å². The Kier molecular flexibility index (Phi) is 4.37. The Morgan fingerprint density at radius 1 is 1.33 bits per heavy atom. The summed E-state index contributed by atoms with van der Waals surface area (Å²) in [6.45, 7) is 5.14. The molecule has 2 rings (SSSR count). The molecule has 1 aromatic heterocycles. The Hall–Kier alpha value is -2.21. The lowest BCUT2D eigenvalue weighted by Gasteiger charge is -2.28. The molecule has 0 aliphatic rings. The van der Waals surface area contributed by atoms with Gasteiger partial charge >= 0.3 is 0 Å². The van der Waals surface area contributed by atoms with E-state index in [-0.39, 0.29) is 11.3 Å². The molecule has 0 bridgehead atoms. The number of carbonyl (C=O) groups excluding carboxylic acids is 1. The van der Waals surface area contributed by atoms with E-state index in [4.69, 9.17) is 5.73 Å². The van der Waals surface area contributed by atoms with Crippen molar-refractivity contribution in [2.45, 2.75) is 13.8 Å². The number of nitrogens with zero attached hydrogens (tertiary/aromatic N) is 4. The highest BCUT2D eigenvalue weighted by Gasteiger charge is 2.23. The van der Waals surface area contributed by atoms with Crippen LogP contribution in [0.2, 0.25) is 0 Å². The smallest absolute Gasteiger partial charge is 0.275 e. The largest absolute Gasteiger partial charge is 0.340 e. The maximum Gasteiger partial charge on any atom is 0.275 e. The molecule has 6 nitrogen and oxygen atoms in total. The molecule has 2 aromatic rings. The van der Waals surface area contributed by atoms with E-state index in [0.717, 1.165) is 5.69 Å². The Labute approximate surface area is 124 Å². The van der Waals surface area contributed by atoms with Crippen molar-refractivity contribution in [3.05, 3.63) is 42.2 Å². The van der Waals surface area contributed by atoms with E-state index >= 15 is 0 Å². The summed E-state index contributed by atoms with van der Waals surface area (Å²) >= 11 is 0. The van der Waals surface area contributed by atoms with Crippen LogP contribution in [0.1, 0.15) is 24.3 Å². The van der Waals surface area contributed by atoms with E-state index in [2.05, 4.69) is 10.2 Å². The summed E-state index contributed by atoms with van der Waals surface area (Å²) in [6, 6.07) is 9.49. The van der Waals surface area contributed by atoms with Gasteiger partial charge in [-0.2, -0.15) is 9.90 Å². The SMILES string of the molecule is CN(CC(C)(C)CN)C(=O)c1cnn(-c2ccccc2)n1. The normalized spacial score (nSPS) is 11.4. The van der Waals surface area contributed by atoms with Crippen molar-refractivity contribution in [1.29, 1.82) is 0 Å². The van der Waals surface area contributed by atoms with Gasteiger partial charge in [-0.05, 0) is 24.1 Å². The van der Waals surface area contributed by atoms with Crippen LogP contribution >= 0.6 is 0 Å². The second-order valence-electron chi connectivity index (χ2n) is 5.88. The molecule has 0 saturated carbocycles. The number of hydrogen-bond donors (Lipinski definition) is 1. The first-order valence-corrected chi connectivity index (χ1v) is 6.86. The molecule has 0 aliphatic heterocycles. The van der Waals surface area contributed by atoms with Crippen molar-refractivity contribution in [2.24, 2.45) is 11.1 Å². The third-order valence-corrected chi connectivity index (χ3v) is 3.26. The zero-order chi connectivity index (χ0) is 15.5. The van der Waals surface area contributed by atoms with Crippen molar-refractivity contribution in [2.75, 3.05) is 20.1 Å². The van der Waals surface area contributed by atoms with Crippen LogP contribution < -0.4 is 5.73 Å². The summed E-state index contributed by atoms with van der Waals surface area (Å²) < 4.78 is 0. The third-order valence-electron chi connectivity index (χ3n) is 3.26. The molecule has 112 valence electrons. The fourth-order valence-electron chi connectivity index (χ4n) is 2.02. The van der Waals surface area contributed by atoms with Crippen LogP contribution in [0.3, 0.4) is 0 Å². The summed E-state index contributed by atoms with van der Waals surface area (Å²) in [5.74, 6) is -0.154. The Bertz CT molecular complexity index is 606. The van der Waals surface area contributed by atoms with Gasteiger partial charge in [-0.15, -0.1) is 5.10 Å². The van der Waals surface area contributed by atoms with Gasteiger partial charge in [-0.25, -0.2) is 0 Å². The Balaban J connectivity index is 2.12. The number of rotatable bonds is 5. The molecule has 1 aromatic carbocycles. The van der Waals surface area contributed by atoms with Crippen LogP contribution in [0.25, 0.3) is 5.69 Å². The van der Waals surface area contributed by atoms with E-state index in [1.807, 2.05) is 44.2 Å². The highest BCUT2D eigenvalue weighted by atomic mass is 16.2. The Morgan fingerprint density at radius 2 is 2.00 bits per heavy atom. The second-order valence-corrected chi connectivity index (χ2v) is 5.88. The van der Waals surface area contributed by atoms with Crippen LogP contribution in [0.4, 0.5) is 0 Å². The summed E-state index contributed by atoms with van der Waals surface area (Å²) in [4.78, 5) is 15.4. The molecular formula is C15H21N5O. The number of benzene rings is 1. The quantitative estimate of drug-likeness (QED) is 0.900. The standard InChI is InChI=1S/C15H21N5O/c1-15(2,10-16)11-19(3)14(21)13-9-17-20(18-13)12-7-5-4-6-8-12/h4-9H,10-11,16H2,1-3H3. The monoisotopic (exact) mass is 287 g/mol. The zero-order valence-corrected chi connectivity index (χ0v) is 12.7. The summed E-state index contributed by atoms with van der Waals surface area (Å²) in [5, 5.41) is 8.38. The highest BCUT2D eigenvalue weighted by Crippen LogP contribution is 2.15. The first-order chi connectivity index (χ1) is 9.93. The molecule has 0 radical (unpaired) electrons. The van der Waals surface area contributed by atoms with Crippen molar-refractivity contribution in [1.82, 2.24) is 19.9 Å². The summed E-state index contributed by atoms with van der Waals surface area (Å²) in [6.07, 6.45) is 1.49. The molecule has 0 spiro atoms. The van der Waals surface area contributed by atoms with E-state index in [1.54, 1.807) is 11.9 Å². The van der Waals surface area contributed by atoms with Gasteiger partial charge in [-0.1, -0.05) is 32.0 Å². The van der Waals surface area contributed by atoms with Crippen molar-refractivity contribution in [3.63, 3.8) is 0 Å². The molecule has 21 heavy (non-hydrogen) atoms. The molecule has 0 atom stereocenters. The lowest BCUT2D eigenvalue weighted by molar-refractivity contribution is 0.0734. The molecule has 0 unspecified atom stereocenters. The van der Waals surface area contributed by atoms with Gasteiger partial charge in [0.05, 0.1) is 11.9 Å². The summed E-state index contributed by atoms with van der Waals surface area (Å²) in [7, 11) is 1.75. The van der Waals surface area contributed by atoms with E-state index in [9.17, 15) is 4.79 Å². The average molecular weight is 287 g/mol. The van der Waals surface area contributed by atoms with Crippen LogP contribution in [-0.4, -0.2) is 45.9 Å². The van der Waals surface area contributed by atoms with Crippen LogP contribution in [0, 0.1) is 5.41 Å². The number of aromatic nitrogens is 3. The predicted octanol–water partition coefficient (Wildman–Crippen LogP) is 1.32. The van der Waals surface area contributed by atoms with Gasteiger partial charge in [0.1, 0.15) is 0 Å². The van der Waals surface area contributed by atoms with Gasteiger partial charge in [0.15, 0.2) is 5.69 Å². The number of nitrogens with two attached hydrogens (primary N) is 1. The molecule has 2 N–H and O–H groups in total. The van der Waals surface area contributed by atoms with E-state index < -0.39 is 0 Å². The fourth-order valence-corrected chi connectivity index (χ4v) is 2.02. The highest BCUT2D eigenvalue weighted by molar-refractivity contribution is 5.91. The van der Waals surface area contributed by atoms with Crippen molar-refractivity contribution in [3.8, 4) is 5.69 Å². The summed E-state index contributed by atoms with van der Waals surface area (Å²) in [5.41, 5.74) is 6.73. The maximum absolute atomic E-state index is 12.4. The van der Waals surface area contributed by atoms with Gasteiger partial charge in [0, 0.05) is 13.6 Å². The molecule has 1 heterocycles. The van der Waals surface area contributed by atoms with Gasteiger partial charge in [-0.3, -0.25) is 4.79 Å². The van der Waals surface area contributed by atoms with Gasteiger partial charge in [0.25, 0.3) is 5.91 Å². The second kappa shape index (κ2) is 6.05. The van der Waals surface area contributed by atoms with Gasteiger partial charge < -0.3 is 10.6 Å². The van der Waals surface area contributed by atoms with E-state index in [1.165, 1.54) is 11.0 Å². The minimum absolute atomic E-state index is 0.125. The number of carbonyl (C=O) groups is 1. The van der Waals surface area contributed by atoms with Crippen molar-refractivity contribution >= 4 is 5.91 Å². The fraction of sp³-hybridized carbons (Fsp3) is 0.400. The zero-order valence-electron chi connectivity index (χ0n) is 12.7. The average Bonchev–Trinajstić information content (AvgIpc) is 2.96. The lowest BCUT2D eigenvalue weighted by Crippen LogP contribution is -2.39. The van der Waals surface area contributed by atoms with Crippen molar-refractivity contribution < 1.29 is 4.79 Å². The van der Waals surface area contributed by atoms with E-state index in [0.29, 0.717) is 18.8 Å². The van der Waals surface area contributed by atoms with Crippen LogP contribution in [-0.2, 0) is 0 Å². The Morgan fingerprint density at radius 3 is 2.62 bits per heavy atom. The molecule has 0 saturated heterocycles. The molecule has 1 amide bonds. The maximum atomic E-state index is 12.4. The van der Waals surface area contributed by atoms with Gasteiger partial charge in [0.2, 0.25) is 0 Å². The predicted molar refractivity (Wildman–Crippen MR) is 81.2 cm³/mol. The molecule has 6 heteroatoms. The minimum atomic E-state index is -0.154. The first-order valence-electron chi connectivity index (χ1n) is 6.86. The molecule has 0 aliphatic carbocycles. The molecular weight excluding hydrogens is 266 g/mol. The minimum Gasteiger partial charge on any atom is -0.340 e. The van der Waals surface area contributed by atoms with Crippen LogP contribution in [0.5, 0.6) is 0 Å². The number of para-hydroxylation sites is 1. The third kappa shape index (κ3) is 3.66. The molecule has 0 fully saturated rings. The number of hydrogen-bond acceptors (Lipinski definition) is 4.